The molecule has 1 unspecified atom stereocenters. The van der Waals surface area contributed by atoms with Crippen LogP contribution >= 0.6 is 0 Å². The lowest BCUT2D eigenvalue weighted by molar-refractivity contribution is -0.153. The van der Waals surface area contributed by atoms with Crippen LogP contribution in [0.1, 0.15) is 59.6 Å². The summed E-state index contributed by atoms with van der Waals surface area (Å²) in [6.45, 7) is 15.6. The summed E-state index contributed by atoms with van der Waals surface area (Å²) < 4.78 is 35.9. The zero-order chi connectivity index (χ0) is 28.0. The number of hydrogen-bond donors (Lipinski definition) is 1. The van der Waals surface area contributed by atoms with E-state index in [1.54, 1.807) is 6.92 Å². The molecule has 8 nitrogen and oxygen atoms in total. The van der Waals surface area contributed by atoms with Gasteiger partial charge in [0.1, 0.15) is 38.6 Å². The quantitative estimate of drug-likeness (QED) is 0.565. The van der Waals surface area contributed by atoms with Gasteiger partial charge in [0, 0.05) is 0 Å². The molecule has 210 valence electrons. The Hall–Kier alpha value is -2.97. The van der Waals surface area contributed by atoms with Gasteiger partial charge in [-0.1, -0.05) is 53.7 Å². The highest BCUT2D eigenvalue weighted by atomic mass is 16.6. The van der Waals surface area contributed by atoms with Gasteiger partial charge < -0.3 is 33.5 Å². The van der Waals surface area contributed by atoms with Crippen LogP contribution in [0.2, 0.25) is 0 Å². The third-order valence-electron chi connectivity index (χ3n) is 6.20. The van der Waals surface area contributed by atoms with Gasteiger partial charge in [-0.25, -0.2) is 4.79 Å². The van der Waals surface area contributed by atoms with E-state index < -0.39 is 18.2 Å². The molecule has 0 radical (unpaired) electrons. The lowest BCUT2D eigenvalue weighted by Gasteiger charge is -2.30. The summed E-state index contributed by atoms with van der Waals surface area (Å²) >= 11 is 0. The first-order chi connectivity index (χ1) is 17.8. The number of carbonyl (C=O) groups is 1. The predicted octanol–water partition coefficient (Wildman–Crippen LogP) is 5.39. The Labute approximate surface area is 226 Å². The first-order valence-corrected chi connectivity index (χ1v) is 13.0. The minimum absolute atomic E-state index is 0.0387. The molecule has 38 heavy (non-hydrogen) atoms. The first-order valence-electron chi connectivity index (χ1n) is 13.0. The van der Waals surface area contributed by atoms with Crippen molar-refractivity contribution in [2.75, 3.05) is 46.2 Å². The Morgan fingerprint density at radius 1 is 0.763 bits per heavy atom. The number of fused-ring (bicyclic) bond motifs is 2. The highest BCUT2D eigenvalue weighted by Crippen LogP contribution is 2.36. The average molecular weight is 531 g/mol. The van der Waals surface area contributed by atoms with Gasteiger partial charge in [0.2, 0.25) is 0 Å². The molecule has 0 spiro atoms. The summed E-state index contributed by atoms with van der Waals surface area (Å²) in [5.74, 6) is 1.18. The van der Waals surface area contributed by atoms with Crippen molar-refractivity contribution in [3.63, 3.8) is 0 Å². The zero-order valence-electron chi connectivity index (χ0n) is 23.7. The standard InChI is InChI=1S/C30H42O8/c1-28(2,3)21-9-11-24-25(16-21)35-15-13-33-12-14-34-23-10-8-22(29(4,5)6)17-26(23)37-20-30(7,19-36-24)38-18-27(31)32/h8-11,16-17H,12-15,18-20H2,1-7H3,(H,31,32). The summed E-state index contributed by atoms with van der Waals surface area (Å²) in [4.78, 5) is 11.3. The topological polar surface area (TPSA) is 92.7 Å². The molecular weight excluding hydrogens is 488 g/mol. The van der Waals surface area contributed by atoms with Crippen molar-refractivity contribution in [3.05, 3.63) is 47.5 Å². The van der Waals surface area contributed by atoms with Gasteiger partial charge in [0.05, 0.1) is 13.2 Å². The monoisotopic (exact) mass is 530 g/mol. The van der Waals surface area contributed by atoms with E-state index in [0.717, 1.165) is 11.1 Å². The Morgan fingerprint density at radius 2 is 1.21 bits per heavy atom. The largest absolute Gasteiger partial charge is 0.487 e. The van der Waals surface area contributed by atoms with Crippen LogP contribution in [0.3, 0.4) is 0 Å². The first kappa shape index (κ1) is 29.6. The second kappa shape index (κ2) is 12.3. The van der Waals surface area contributed by atoms with Crippen molar-refractivity contribution in [1.82, 2.24) is 0 Å². The minimum atomic E-state index is -1.08. The number of carboxylic acid groups (broad SMARTS) is 1. The molecule has 1 heterocycles. The molecule has 2 aromatic carbocycles. The minimum Gasteiger partial charge on any atom is -0.487 e. The lowest BCUT2D eigenvalue weighted by atomic mass is 9.87. The number of carboxylic acids is 1. The Balaban J connectivity index is 1.93. The molecule has 0 fully saturated rings. The summed E-state index contributed by atoms with van der Waals surface area (Å²) in [5.41, 5.74) is 0.929. The number of hydrogen-bond acceptors (Lipinski definition) is 7. The number of aliphatic carboxylic acids is 1. The fourth-order valence-corrected chi connectivity index (χ4v) is 3.76. The molecule has 3 rings (SSSR count). The van der Waals surface area contributed by atoms with Crippen molar-refractivity contribution >= 4 is 5.97 Å². The highest BCUT2D eigenvalue weighted by Gasteiger charge is 2.31. The molecule has 0 aromatic heterocycles. The van der Waals surface area contributed by atoms with Gasteiger partial charge >= 0.3 is 5.97 Å². The van der Waals surface area contributed by atoms with E-state index in [0.29, 0.717) is 49.4 Å². The Bertz CT molecular complexity index is 1080. The second-order valence-electron chi connectivity index (χ2n) is 11.8. The molecule has 1 aliphatic heterocycles. The van der Waals surface area contributed by atoms with E-state index in [9.17, 15) is 9.90 Å². The molecule has 1 atom stereocenters. The van der Waals surface area contributed by atoms with Crippen molar-refractivity contribution in [1.29, 1.82) is 0 Å². The zero-order valence-corrected chi connectivity index (χ0v) is 23.7. The second-order valence-corrected chi connectivity index (χ2v) is 11.8. The SMILES string of the molecule is CC1(OCC(=O)O)COc2ccc(C(C)(C)C)cc2OCCOCCOc2ccc(C(C)(C)C)cc2OC1. The summed E-state index contributed by atoms with van der Waals surface area (Å²) in [5, 5.41) is 9.28. The van der Waals surface area contributed by atoms with E-state index in [-0.39, 0.29) is 24.0 Å². The molecule has 0 bridgehead atoms. The third kappa shape index (κ3) is 8.53. The smallest absolute Gasteiger partial charge is 0.329 e. The molecule has 1 aliphatic rings. The van der Waals surface area contributed by atoms with E-state index >= 15 is 0 Å². The van der Waals surface area contributed by atoms with Crippen LogP contribution < -0.4 is 18.9 Å². The maximum atomic E-state index is 11.3. The molecular formula is C30H42O8. The van der Waals surface area contributed by atoms with E-state index in [4.69, 9.17) is 28.4 Å². The molecule has 0 aliphatic carbocycles. The van der Waals surface area contributed by atoms with Crippen LogP contribution in [0, 0.1) is 0 Å². The van der Waals surface area contributed by atoms with Crippen LogP contribution in [0.4, 0.5) is 0 Å². The number of ether oxygens (including phenoxy) is 6. The predicted molar refractivity (Wildman–Crippen MR) is 145 cm³/mol. The van der Waals surface area contributed by atoms with Crippen LogP contribution in [0.5, 0.6) is 23.0 Å². The van der Waals surface area contributed by atoms with Crippen LogP contribution in [-0.2, 0) is 25.1 Å². The lowest BCUT2D eigenvalue weighted by Crippen LogP contribution is -2.43. The van der Waals surface area contributed by atoms with E-state index in [2.05, 4.69) is 41.5 Å². The van der Waals surface area contributed by atoms with Crippen LogP contribution in [0.15, 0.2) is 36.4 Å². The maximum Gasteiger partial charge on any atom is 0.329 e. The molecule has 8 heteroatoms. The summed E-state index contributed by atoms with van der Waals surface area (Å²) in [6, 6.07) is 11.7. The van der Waals surface area contributed by atoms with Gasteiger partial charge in [0.15, 0.2) is 23.0 Å². The molecule has 2 aromatic rings. The Kier molecular flexibility index (Phi) is 9.54. The molecule has 1 N–H and O–H groups in total. The van der Waals surface area contributed by atoms with Gasteiger partial charge in [-0.2, -0.15) is 0 Å². The van der Waals surface area contributed by atoms with Gasteiger partial charge in [-0.05, 0) is 53.1 Å². The number of benzene rings is 2. The van der Waals surface area contributed by atoms with Gasteiger partial charge in [-0.15, -0.1) is 0 Å². The van der Waals surface area contributed by atoms with Crippen molar-refractivity contribution < 1.29 is 38.3 Å². The third-order valence-corrected chi connectivity index (χ3v) is 6.20. The average Bonchev–Trinajstić information content (AvgIpc) is 2.83. The maximum absolute atomic E-state index is 11.3. The summed E-state index contributed by atoms with van der Waals surface area (Å²) in [6.07, 6.45) is 0. The van der Waals surface area contributed by atoms with Gasteiger partial charge in [0.25, 0.3) is 0 Å². The highest BCUT2D eigenvalue weighted by molar-refractivity contribution is 5.68. The molecule has 0 amide bonds. The van der Waals surface area contributed by atoms with E-state index in [1.165, 1.54) is 0 Å². The molecule has 0 saturated carbocycles. The van der Waals surface area contributed by atoms with Gasteiger partial charge in [-0.3, -0.25) is 0 Å². The van der Waals surface area contributed by atoms with Crippen LogP contribution in [-0.4, -0.2) is 62.9 Å². The fraction of sp³-hybridized carbons (Fsp3) is 0.567. The van der Waals surface area contributed by atoms with E-state index in [1.807, 2.05) is 36.4 Å². The fourth-order valence-electron chi connectivity index (χ4n) is 3.76. The molecule has 0 saturated heterocycles. The Morgan fingerprint density at radius 3 is 1.71 bits per heavy atom. The van der Waals surface area contributed by atoms with Crippen molar-refractivity contribution in [2.45, 2.75) is 64.9 Å². The summed E-state index contributed by atoms with van der Waals surface area (Å²) in [7, 11) is 0. The normalized spacial score (nSPS) is 19.6. The number of rotatable bonds is 3. The van der Waals surface area contributed by atoms with Crippen LogP contribution in [0.25, 0.3) is 0 Å². The van der Waals surface area contributed by atoms with Crippen molar-refractivity contribution in [2.24, 2.45) is 0 Å². The van der Waals surface area contributed by atoms with Crippen molar-refractivity contribution in [3.8, 4) is 23.0 Å².